The van der Waals surface area contributed by atoms with Crippen LogP contribution in [0.2, 0.25) is 0 Å². The Bertz CT molecular complexity index is 577. The monoisotopic (exact) mass is 297 g/mol. The fourth-order valence-electron chi connectivity index (χ4n) is 2.64. The lowest BCUT2D eigenvalue weighted by atomic mass is 10.1. The minimum absolute atomic E-state index is 0.341. The van der Waals surface area contributed by atoms with Crippen LogP contribution in [-0.4, -0.2) is 16.7 Å². The summed E-state index contributed by atoms with van der Waals surface area (Å²) in [5.74, 6) is 0. The molecule has 22 heavy (non-hydrogen) atoms. The lowest BCUT2D eigenvalue weighted by Crippen LogP contribution is -1.84. The number of aromatic nitrogens is 1. The molecule has 1 aromatic carbocycles. The molecule has 0 amide bonds. The molecule has 0 spiro atoms. The zero-order valence-electron chi connectivity index (χ0n) is 13.4. The molecule has 2 heteroatoms. The minimum atomic E-state index is 0.341. The van der Waals surface area contributed by atoms with Crippen molar-refractivity contribution >= 4 is 17.0 Å². The Morgan fingerprint density at radius 1 is 0.818 bits per heavy atom. The third-order valence-corrected chi connectivity index (χ3v) is 3.94. The first-order valence-corrected chi connectivity index (χ1v) is 8.53. The average Bonchev–Trinajstić information content (AvgIpc) is 2.56. The molecule has 0 bridgehead atoms. The molecule has 0 aliphatic rings. The lowest BCUT2D eigenvalue weighted by Gasteiger charge is -2.00. The molecule has 1 aromatic heterocycles. The highest BCUT2D eigenvalue weighted by molar-refractivity contribution is 5.79. The Labute approximate surface area is 133 Å². The van der Waals surface area contributed by atoms with E-state index in [1.807, 2.05) is 12.1 Å². The fourth-order valence-corrected chi connectivity index (χ4v) is 2.64. The highest BCUT2D eigenvalue weighted by Gasteiger charge is 1.94. The van der Waals surface area contributed by atoms with Crippen molar-refractivity contribution in [3.63, 3.8) is 0 Å². The van der Waals surface area contributed by atoms with Crippen molar-refractivity contribution in [3.05, 3.63) is 48.2 Å². The summed E-state index contributed by atoms with van der Waals surface area (Å²) in [6.07, 6.45) is 14.1. The van der Waals surface area contributed by atoms with Gasteiger partial charge >= 0.3 is 0 Å². The number of benzene rings is 1. The van der Waals surface area contributed by atoms with Crippen molar-refractivity contribution in [1.82, 2.24) is 4.98 Å². The molecule has 0 unspecified atom stereocenters. The van der Waals surface area contributed by atoms with Crippen LogP contribution < -0.4 is 0 Å². The summed E-state index contributed by atoms with van der Waals surface area (Å²) in [7, 11) is 0. The zero-order chi connectivity index (χ0) is 15.5. The van der Waals surface area contributed by atoms with E-state index in [0.717, 1.165) is 24.1 Å². The van der Waals surface area contributed by atoms with Gasteiger partial charge in [-0.25, -0.2) is 4.98 Å². The molecule has 0 saturated heterocycles. The van der Waals surface area contributed by atoms with Gasteiger partial charge in [-0.05, 0) is 37.5 Å². The number of hydrogen-bond acceptors (Lipinski definition) is 2. The zero-order valence-corrected chi connectivity index (χ0v) is 13.4. The van der Waals surface area contributed by atoms with Crippen molar-refractivity contribution in [2.45, 2.75) is 51.4 Å². The first-order chi connectivity index (χ1) is 10.9. The molecule has 0 aliphatic heterocycles. The number of aliphatic hydroxyl groups is 1. The maximum Gasteiger partial charge on any atom is 0.0709 e. The van der Waals surface area contributed by atoms with E-state index in [2.05, 4.69) is 41.4 Å². The van der Waals surface area contributed by atoms with E-state index in [0.29, 0.717) is 6.61 Å². The van der Waals surface area contributed by atoms with Gasteiger partial charge in [-0.3, -0.25) is 0 Å². The van der Waals surface area contributed by atoms with Gasteiger partial charge in [-0.2, -0.15) is 0 Å². The third kappa shape index (κ3) is 5.98. The molecule has 2 aromatic rings. The molecule has 0 atom stereocenters. The Morgan fingerprint density at radius 2 is 1.55 bits per heavy atom. The number of aliphatic hydroxyl groups excluding tert-OH is 1. The Kier molecular flexibility index (Phi) is 7.68. The fraction of sp³-hybridized carbons (Fsp3) is 0.450. The number of nitrogens with zero attached hydrogens (tertiary/aromatic N) is 1. The number of pyridine rings is 1. The standard InChI is InChI=1S/C20H27NO/c22-17-11-7-5-3-1-2-4-6-8-13-19-16-15-18-12-9-10-14-20(18)21-19/h8-10,12-16,22H,1-7,11,17H2. The van der Waals surface area contributed by atoms with Gasteiger partial charge in [0, 0.05) is 12.0 Å². The van der Waals surface area contributed by atoms with Crippen LogP contribution in [0.5, 0.6) is 0 Å². The van der Waals surface area contributed by atoms with E-state index in [9.17, 15) is 0 Å². The summed E-state index contributed by atoms with van der Waals surface area (Å²) < 4.78 is 0. The second-order valence-corrected chi connectivity index (χ2v) is 5.82. The second-order valence-electron chi connectivity index (χ2n) is 5.82. The van der Waals surface area contributed by atoms with Gasteiger partial charge in [0.05, 0.1) is 11.2 Å². The maximum atomic E-state index is 8.71. The van der Waals surface area contributed by atoms with E-state index >= 15 is 0 Å². The van der Waals surface area contributed by atoms with Crippen molar-refractivity contribution in [1.29, 1.82) is 0 Å². The van der Waals surface area contributed by atoms with Gasteiger partial charge < -0.3 is 5.11 Å². The Morgan fingerprint density at radius 3 is 2.36 bits per heavy atom. The summed E-state index contributed by atoms with van der Waals surface area (Å²) in [6.45, 7) is 0.341. The first-order valence-electron chi connectivity index (χ1n) is 8.53. The van der Waals surface area contributed by atoms with Gasteiger partial charge in [0.15, 0.2) is 0 Å². The number of allylic oxidation sites excluding steroid dienone is 1. The maximum absolute atomic E-state index is 8.71. The SMILES string of the molecule is OCCCCCCCCCC=Cc1ccc2ccccc2n1. The van der Waals surface area contributed by atoms with E-state index in [1.54, 1.807) is 0 Å². The van der Waals surface area contributed by atoms with Gasteiger partial charge in [0.1, 0.15) is 0 Å². The smallest absolute Gasteiger partial charge is 0.0709 e. The van der Waals surface area contributed by atoms with Gasteiger partial charge in [-0.1, -0.05) is 62.4 Å². The molecule has 1 heterocycles. The van der Waals surface area contributed by atoms with E-state index in [1.165, 1.54) is 43.9 Å². The van der Waals surface area contributed by atoms with Crippen LogP contribution in [0.3, 0.4) is 0 Å². The van der Waals surface area contributed by atoms with Gasteiger partial charge in [0.2, 0.25) is 0 Å². The molecule has 0 saturated carbocycles. The van der Waals surface area contributed by atoms with Crippen LogP contribution in [0, 0.1) is 0 Å². The predicted molar refractivity (Wildman–Crippen MR) is 94.8 cm³/mol. The molecule has 0 aliphatic carbocycles. The molecule has 118 valence electrons. The summed E-state index contributed by atoms with van der Waals surface area (Å²) in [4.78, 5) is 4.64. The largest absolute Gasteiger partial charge is 0.396 e. The summed E-state index contributed by atoms with van der Waals surface area (Å²) >= 11 is 0. The number of para-hydroxylation sites is 1. The lowest BCUT2D eigenvalue weighted by molar-refractivity contribution is 0.282. The van der Waals surface area contributed by atoms with E-state index < -0.39 is 0 Å². The topological polar surface area (TPSA) is 33.1 Å². The van der Waals surface area contributed by atoms with Gasteiger partial charge in [0.25, 0.3) is 0 Å². The summed E-state index contributed by atoms with van der Waals surface area (Å²) in [6, 6.07) is 12.4. The molecule has 0 fully saturated rings. The number of unbranched alkanes of at least 4 members (excludes halogenated alkanes) is 7. The Hall–Kier alpha value is -1.67. The number of hydrogen-bond donors (Lipinski definition) is 1. The predicted octanol–water partition coefficient (Wildman–Crippen LogP) is 5.36. The normalized spacial score (nSPS) is 11.5. The second kappa shape index (κ2) is 10.1. The highest BCUT2D eigenvalue weighted by atomic mass is 16.2. The third-order valence-electron chi connectivity index (χ3n) is 3.94. The quantitative estimate of drug-likeness (QED) is 0.599. The van der Waals surface area contributed by atoms with E-state index in [-0.39, 0.29) is 0 Å². The minimum Gasteiger partial charge on any atom is -0.396 e. The van der Waals surface area contributed by atoms with Crippen LogP contribution >= 0.6 is 0 Å². The van der Waals surface area contributed by atoms with Crippen LogP contribution in [0.15, 0.2) is 42.5 Å². The number of fused-ring (bicyclic) bond motifs is 1. The summed E-state index contributed by atoms with van der Waals surface area (Å²) in [5, 5.41) is 9.90. The van der Waals surface area contributed by atoms with Crippen molar-refractivity contribution in [2.24, 2.45) is 0 Å². The molecule has 0 radical (unpaired) electrons. The summed E-state index contributed by atoms with van der Waals surface area (Å²) in [5.41, 5.74) is 2.11. The van der Waals surface area contributed by atoms with Crippen molar-refractivity contribution in [2.75, 3.05) is 6.61 Å². The molecule has 2 nitrogen and oxygen atoms in total. The highest BCUT2D eigenvalue weighted by Crippen LogP contribution is 2.13. The van der Waals surface area contributed by atoms with Crippen LogP contribution in [0.25, 0.3) is 17.0 Å². The van der Waals surface area contributed by atoms with Crippen molar-refractivity contribution in [3.8, 4) is 0 Å². The van der Waals surface area contributed by atoms with Crippen molar-refractivity contribution < 1.29 is 5.11 Å². The molecule has 2 rings (SSSR count). The van der Waals surface area contributed by atoms with Crippen LogP contribution in [0.4, 0.5) is 0 Å². The molecular weight excluding hydrogens is 270 g/mol. The average molecular weight is 297 g/mol. The van der Waals surface area contributed by atoms with Gasteiger partial charge in [-0.15, -0.1) is 0 Å². The molecule has 1 N–H and O–H groups in total. The van der Waals surface area contributed by atoms with E-state index in [4.69, 9.17) is 5.11 Å². The van der Waals surface area contributed by atoms with Crippen LogP contribution in [0.1, 0.15) is 57.1 Å². The van der Waals surface area contributed by atoms with Crippen LogP contribution in [-0.2, 0) is 0 Å². The first kappa shape index (κ1) is 16.7. The Balaban J connectivity index is 1.62. The molecular formula is C20H27NO. The number of rotatable bonds is 10.